The summed E-state index contributed by atoms with van der Waals surface area (Å²) < 4.78 is 16.9. The summed E-state index contributed by atoms with van der Waals surface area (Å²) in [6.07, 6.45) is 9.75. The molecular formula is C19H18FN5O. The van der Waals surface area contributed by atoms with E-state index in [9.17, 15) is 9.18 Å². The Morgan fingerprint density at radius 2 is 1.96 bits per heavy atom. The third-order valence-electron chi connectivity index (χ3n) is 5.58. The number of hydrogen-bond donors (Lipinski definition) is 0. The second-order valence-corrected chi connectivity index (χ2v) is 7.11. The van der Waals surface area contributed by atoms with Crippen LogP contribution >= 0.6 is 0 Å². The van der Waals surface area contributed by atoms with Crippen molar-refractivity contribution >= 4 is 0 Å². The molecule has 2 aliphatic rings. The van der Waals surface area contributed by atoms with E-state index in [-0.39, 0.29) is 23.6 Å². The average molecular weight is 351 g/mol. The van der Waals surface area contributed by atoms with Gasteiger partial charge in [0.2, 0.25) is 0 Å². The SMILES string of the molecule is O=c1n(C2CC(c3cccnc3)C2)nc2n1[C@H](c1cncc(F)c1)CC2. The van der Waals surface area contributed by atoms with Crippen molar-refractivity contribution in [1.82, 2.24) is 24.3 Å². The van der Waals surface area contributed by atoms with Crippen molar-refractivity contribution in [2.45, 2.75) is 43.7 Å². The van der Waals surface area contributed by atoms with Gasteiger partial charge in [-0.25, -0.2) is 13.9 Å². The van der Waals surface area contributed by atoms with E-state index in [0.717, 1.165) is 37.1 Å². The fourth-order valence-corrected chi connectivity index (χ4v) is 4.16. The summed E-state index contributed by atoms with van der Waals surface area (Å²) in [5, 5.41) is 4.58. The Morgan fingerprint density at radius 3 is 2.73 bits per heavy atom. The monoisotopic (exact) mass is 351 g/mol. The quantitative estimate of drug-likeness (QED) is 0.728. The van der Waals surface area contributed by atoms with Crippen LogP contribution in [0, 0.1) is 5.82 Å². The highest BCUT2D eigenvalue weighted by Gasteiger charge is 2.37. The van der Waals surface area contributed by atoms with Gasteiger partial charge in [-0.3, -0.25) is 14.5 Å². The van der Waals surface area contributed by atoms with Gasteiger partial charge in [-0.05, 0) is 48.4 Å². The molecule has 5 rings (SSSR count). The summed E-state index contributed by atoms with van der Waals surface area (Å²) >= 11 is 0. The smallest absolute Gasteiger partial charge is 0.271 e. The lowest BCUT2D eigenvalue weighted by molar-refractivity contribution is 0.236. The molecule has 0 unspecified atom stereocenters. The van der Waals surface area contributed by atoms with E-state index in [1.54, 1.807) is 21.6 Å². The van der Waals surface area contributed by atoms with E-state index in [2.05, 4.69) is 21.1 Å². The maximum Gasteiger partial charge on any atom is 0.346 e. The Bertz CT molecular complexity index is 1010. The van der Waals surface area contributed by atoms with Crippen LogP contribution in [0.4, 0.5) is 4.39 Å². The highest BCUT2D eigenvalue weighted by Crippen LogP contribution is 2.44. The molecule has 6 nitrogen and oxygen atoms in total. The second-order valence-electron chi connectivity index (χ2n) is 7.11. The number of hydrogen-bond acceptors (Lipinski definition) is 4. The summed E-state index contributed by atoms with van der Waals surface area (Å²) in [7, 11) is 0. The molecule has 0 radical (unpaired) electrons. The Morgan fingerprint density at radius 1 is 1.12 bits per heavy atom. The van der Waals surface area contributed by atoms with Gasteiger partial charge in [-0.15, -0.1) is 0 Å². The highest BCUT2D eigenvalue weighted by atomic mass is 19.1. The van der Waals surface area contributed by atoms with Crippen LogP contribution in [0.25, 0.3) is 0 Å². The molecule has 0 spiro atoms. The van der Waals surface area contributed by atoms with Gasteiger partial charge < -0.3 is 0 Å². The molecule has 7 heteroatoms. The zero-order valence-electron chi connectivity index (χ0n) is 14.1. The van der Waals surface area contributed by atoms with E-state index in [1.807, 2.05) is 12.3 Å². The lowest BCUT2D eigenvalue weighted by Gasteiger charge is -2.34. The van der Waals surface area contributed by atoms with Crippen LogP contribution in [0.3, 0.4) is 0 Å². The lowest BCUT2D eigenvalue weighted by atomic mass is 9.76. The summed E-state index contributed by atoms with van der Waals surface area (Å²) in [6, 6.07) is 5.42. The van der Waals surface area contributed by atoms with Gasteiger partial charge in [0.1, 0.15) is 11.6 Å². The predicted octanol–water partition coefficient (Wildman–Crippen LogP) is 2.63. The first kappa shape index (κ1) is 15.4. The van der Waals surface area contributed by atoms with E-state index in [4.69, 9.17) is 0 Å². The summed E-state index contributed by atoms with van der Waals surface area (Å²) in [5.41, 5.74) is 1.85. The number of nitrogens with zero attached hydrogens (tertiary/aromatic N) is 5. The van der Waals surface area contributed by atoms with Gasteiger partial charge >= 0.3 is 5.69 Å². The molecule has 0 bridgehead atoms. The predicted molar refractivity (Wildman–Crippen MR) is 92.4 cm³/mol. The van der Waals surface area contributed by atoms with Crippen LogP contribution < -0.4 is 5.69 Å². The Balaban J connectivity index is 1.41. The van der Waals surface area contributed by atoms with Crippen LogP contribution in [0.2, 0.25) is 0 Å². The number of fused-ring (bicyclic) bond motifs is 1. The molecule has 132 valence electrons. The van der Waals surface area contributed by atoms with Gasteiger partial charge in [0.25, 0.3) is 0 Å². The highest BCUT2D eigenvalue weighted by molar-refractivity contribution is 5.21. The van der Waals surface area contributed by atoms with Crippen LogP contribution in [0.5, 0.6) is 0 Å². The Labute approximate surface area is 149 Å². The van der Waals surface area contributed by atoms with Crippen molar-refractivity contribution in [2.75, 3.05) is 0 Å². The fraction of sp³-hybridized carbons (Fsp3) is 0.368. The molecule has 0 N–H and O–H groups in total. The standard InChI is InChI=1S/C19H18FN5O/c20-15-6-14(10-22-11-15)17-3-4-18-23-25(19(26)24(17)18)16-7-13(8-16)12-2-1-5-21-9-12/h1-2,5-6,9-11,13,16-17H,3-4,7-8H2/t13?,16?,17-/m0/s1. The van der Waals surface area contributed by atoms with Crippen molar-refractivity contribution < 1.29 is 4.39 Å². The summed E-state index contributed by atoms with van der Waals surface area (Å²) in [6.45, 7) is 0. The van der Waals surface area contributed by atoms with E-state index in [1.165, 1.54) is 17.8 Å². The molecule has 4 heterocycles. The molecule has 26 heavy (non-hydrogen) atoms. The largest absolute Gasteiger partial charge is 0.346 e. The number of halogens is 1. The molecule has 1 saturated carbocycles. The molecular weight excluding hydrogens is 333 g/mol. The summed E-state index contributed by atoms with van der Waals surface area (Å²) in [4.78, 5) is 21.0. The molecule has 1 aliphatic heterocycles. The van der Waals surface area contributed by atoms with E-state index >= 15 is 0 Å². The third kappa shape index (κ3) is 2.38. The fourth-order valence-electron chi connectivity index (χ4n) is 4.16. The van der Waals surface area contributed by atoms with Crippen LogP contribution in [0.1, 0.15) is 54.2 Å². The minimum absolute atomic E-state index is 0.0959. The summed E-state index contributed by atoms with van der Waals surface area (Å²) in [5.74, 6) is 0.837. The number of pyridine rings is 2. The van der Waals surface area contributed by atoms with Crippen molar-refractivity contribution in [3.05, 3.63) is 76.2 Å². The minimum Gasteiger partial charge on any atom is -0.271 e. The molecule has 1 aliphatic carbocycles. The third-order valence-corrected chi connectivity index (χ3v) is 5.58. The van der Waals surface area contributed by atoms with Gasteiger partial charge in [0.05, 0.1) is 18.3 Å². The van der Waals surface area contributed by atoms with Crippen molar-refractivity contribution in [2.24, 2.45) is 0 Å². The maximum atomic E-state index is 13.5. The topological polar surface area (TPSA) is 65.6 Å². The number of rotatable bonds is 3. The molecule has 0 aromatic carbocycles. The minimum atomic E-state index is -0.380. The van der Waals surface area contributed by atoms with E-state index < -0.39 is 0 Å². The van der Waals surface area contributed by atoms with Crippen LogP contribution in [-0.2, 0) is 6.42 Å². The zero-order chi connectivity index (χ0) is 17.7. The lowest BCUT2D eigenvalue weighted by Crippen LogP contribution is -2.35. The zero-order valence-corrected chi connectivity index (χ0v) is 14.1. The average Bonchev–Trinajstić information content (AvgIpc) is 3.16. The van der Waals surface area contributed by atoms with E-state index in [0.29, 0.717) is 5.92 Å². The first-order chi connectivity index (χ1) is 12.7. The molecule has 3 aromatic rings. The van der Waals surface area contributed by atoms with Gasteiger partial charge in [-0.1, -0.05) is 6.07 Å². The Kier molecular flexibility index (Phi) is 3.48. The molecule has 1 fully saturated rings. The molecule has 3 aromatic heterocycles. The Hall–Kier alpha value is -2.83. The van der Waals surface area contributed by atoms with Crippen molar-refractivity contribution in [3.8, 4) is 0 Å². The maximum absolute atomic E-state index is 13.5. The van der Waals surface area contributed by atoms with Crippen LogP contribution in [0.15, 0.2) is 47.8 Å². The van der Waals surface area contributed by atoms with Gasteiger partial charge in [0, 0.05) is 25.0 Å². The van der Waals surface area contributed by atoms with Crippen LogP contribution in [-0.4, -0.2) is 24.3 Å². The second kappa shape index (κ2) is 5.86. The molecule has 0 saturated heterocycles. The number of aromatic nitrogens is 5. The van der Waals surface area contributed by atoms with Gasteiger partial charge in [0.15, 0.2) is 0 Å². The number of aryl methyl sites for hydroxylation is 1. The normalized spacial score (nSPS) is 24.3. The van der Waals surface area contributed by atoms with Gasteiger partial charge in [-0.2, -0.15) is 5.10 Å². The molecule has 1 atom stereocenters. The first-order valence-electron chi connectivity index (χ1n) is 8.91. The van der Waals surface area contributed by atoms with Crippen molar-refractivity contribution in [1.29, 1.82) is 0 Å². The van der Waals surface area contributed by atoms with Crippen molar-refractivity contribution in [3.63, 3.8) is 0 Å². The first-order valence-corrected chi connectivity index (χ1v) is 8.91. The molecule has 0 amide bonds.